The Balaban J connectivity index is 0. The molecule has 0 fully saturated rings. The smallest absolute Gasteiger partial charge is 1.00 e. The SMILES string of the molecule is C=O.CCCCCCCCCOS(=O)(=O)c1cccc2ccccc12.[H-].[Na+]. The number of benzene rings is 2. The molecule has 2 aromatic carbocycles. The summed E-state index contributed by atoms with van der Waals surface area (Å²) in [6.45, 7) is 4.46. The molecule has 0 saturated carbocycles. The standard InChI is InChI=1S/C19H26O3S.CH2O.Na.H/c1-2-3-4-5-6-7-10-16-22-23(20,21)19-15-11-13-17-12-8-9-14-18(17)19;1-2;;/h8-9,11-15H,2-7,10,16H2,1H3;1H2;;/q;;+1;-1. The van der Waals surface area contributed by atoms with Crippen LogP contribution in [0.25, 0.3) is 10.8 Å². The van der Waals surface area contributed by atoms with Crippen molar-refractivity contribution in [2.24, 2.45) is 0 Å². The van der Waals surface area contributed by atoms with Crippen molar-refractivity contribution in [1.82, 2.24) is 0 Å². The quantitative estimate of drug-likeness (QED) is 0.356. The summed E-state index contributed by atoms with van der Waals surface area (Å²) in [5.41, 5.74) is 0. The van der Waals surface area contributed by atoms with Crippen molar-refractivity contribution >= 4 is 27.7 Å². The van der Waals surface area contributed by atoms with E-state index in [1.807, 2.05) is 37.1 Å². The molecule has 6 heteroatoms. The van der Waals surface area contributed by atoms with Crippen molar-refractivity contribution < 1.29 is 48.4 Å². The molecule has 0 aromatic heterocycles. The average molecular weight is 389 g/mol. The van der Waals surface area contributed by atoms with Crippen LogP contribution in [0.15, 0.2) is 47.4 Å². The number of carbonyl (C=O) groups is 1. The molecule has 0 aliphatic heterocycles. The average Bonchev–Trinajstić information content (AvgIpc) is 2.65. The van der Waals surface area contributed by atoms with Gasteiger partial charge < -0.3 is 6.22 Å². The number of fused-ring (bicyclic) bond motifs is 1. The summed E-state index contributed by atoms with van der Waals surface area (Å²) in [7, 11) is -3.69. The molecule has 2 rings (SSSR count). The molecule has 0 amide bonds. The first-order valence-corrected chi connectivity index (χ1v) is 10.2. The topological polar surface area (TPSA) is 60.4 Å². The van der Waals surface area contributed by atoms with Crippen LogP contribution in [0.3, 0.4) is 0 Å². The minimum absolute atomic E-state index is 0. The van der Waals surface area contributed by atoms with E-state index in [4.69, 9.17) is 8.98 Å². The van der Waals surface area contributed by atoms with Crippen LogP contribution in [0.2, 0.25) is 0 Å². The van der Waals surface area contributed by atoms with E-state index >= 15 is 0 Å². The first-order valence-electron chi connectivity index (χ1n) is 8.81. The van der Waals surface area contributed by atoms with Gasteiger partial charge in [-0.15, -0.1) is 0 Å². The number of unbranched alkanes of at least 4 members (excludes halogenated alkanes) is 6. The maximum atomic E-state index is 12.4. The van der Waals surface area contributed by atoms with Gasteiger partial charge in [0, 0.05) is 5.39 Å². The van der Waals surface area contributed by atoms with Crippen LogP contribution in [0.4, 0.5) is 0 Å². The minimum atomic E-state index is -3.69. The van der Waals surface area contributed by atoms with Crippen molar-refractivity contribution in [3.8, 4) is 0 Å². The Hall–Kier alpha value is -0.720. The number of hydrogen-bond donors (Lipinski definition) is 0. The summed E-state index contributed by atoms with van der Waals surface area (Å²) in [4.78, 5) is 8.26. The van der Waals surface area contributed by atoms with Crippen LogP contribution in [0.1, 0.15) is 53.3 Å². The van der Waals surface area contributed by atoms with E-state index in [-0.39, 0.29) is 42.5 Å². The molecule has 0 unspecified atom stereocenters. The van der Waals surface area contributed by atoms with Crippen molar-refractivity contribution in [3.63, 3.8) is 0 Å². The molecule has 0 aliphatic carbocycles. The third kappa shape index (κ3) is 8.31. The van der Waals surface area contributed by atoms with Gasteiger partial charge in [0.25, 0.3) is 10.1 Å². The first-order chi connectivity index (χ1) is 12.1. The molecule has 0 radical (unpaired) electrons. The molecule has 0 N–H and O–H groups in total. The molecule has 0 heterocycles. The molecule has 0 bridgehead atoms. The van der Waals surface area contributed by atoms with Crippen molar-refractivity contribution in [1.29, 1.82) is 0 Å². The second-order valence-electron chi connectivity index (χ2n) is 5.87. The van der Waals surface area contributed by atoms with Crippen LogP contribution in [0, 0.1) is 0 Å². The van der Waals surface area contributed by atoms with E-state index in [9.17, 15) is 8.42 Å². The van der Waals surface area contributed by atoms with Gasteiger partial charge in [-0.3, -0.25) is 4.18 Å². The van der Waals surface area contributed by atoms with Crippen LogP contribution in [-0.4, -0.2) is 21.8 Å². The fourth-order valence-electron chi connectivity index (χ4n) is 2.70. The third-order valence-corrected chi connectivity index (χ3v) is 5.38. The van der Waals surface area contributed by atoms with E-state index < -0.39 is 10.1 Å². The molecular formula is C20H29NaO4S. The Morgan fingerprint density at radius 2 is 1.46 bits per heavy atom. The van der Waals surface area contributed by atoms with Crippen molar-refractivity contribution in [2.75, 3.05) is 6.61 Å². The summed E-state index contributed by atoms with van der Waals surface area (Å²) < 4.78 is 30.0. The number of hydrogen-bond acceptors (Lipinski definition) is 4. The van der Waals surface area contributed by atoms with Crippen LogP contribution in [0.5, 0.6) is 0 Å². The van der Waals surface area contributed by atoms with Gasteiger partial charge in [-0.1, -0.05) is 81.8 Å². The molecule has 0 saturated heterocycles. The fraction of sp³-hybridized carbons (Fsp3) is 0.450. The molecule has 140 valence electrons. The summed E-state index contributed by atoms with van der Waals surface area (Å²) in [6.07, 6.45) is 7.98. The van der Waals surface area contributed by atoms with Gasteiger partial charge in [-0.2, -0.15) is 8.42 Å². The van der Waals surface area contributed by atoms with Crippen molar-refractivity contribution in [2.45, 2.75) is 56.8 Å². The predicted octanol–water partition coefficient (Wildman–Crippen LogP) is 2.23. The zero-order valence-electron chi connectivity index (χ0n) is 16.9. The molecule has 4 nitrogen and oxygen atoms in total. The van der Waals surface area contributed by atoms with E-state index in [2.05, 4.69) is 6.92 Å². The van der Waals surface area contributed by atoms with E-state index in [0.717, 1.165) is 30.0 Å². The Labute approximate surface area is 181 Å². The zero-order chi connectivity index (χ0) is 18.5. The summed E-state index contributed by atoms with van der Waals surface area (Å²) in [6, 6.07) is 12.7. The maximum Gasteiger partial charge on any atom is 1.00 e. The first kappa shape index (κ1) is 25.3. The number of carbonyl (C=O) groups excluding carboxylic acids is 1. The Bertz CT molecular complexity index is 732. The van der Waals surface area contributed by atoms with Gasteiger partial charge in [0.15, 0.2) is 0 Å². The third-order valence-electron chi connectivity index (χ3n) is 4.01. The van der Waals surface area contributed by atoms with Crippen LogP contribution in [-0.2, 0) is 19.1 Å². The Kier molecular flexibility index (Phi) is 14.0. The van der Waals surface area contributed by atoms with Gasteiger partial charge >= 0.3 is 29.6 Å². The monoisotopic (exact) mass is 388 g/mol. The second-order valence-corrected chi connectivity index (χ2v) is 7.46. The Morgan fingerprint density at radius 1 is 0.885 bits per heavy atom. The fourth-order valence-corrected chi connectivity index (χ4v) is 3.87. The minimum Gasteiger partial charge on any atom is -1.00 e. The second kappa shape index (κ2) is 14.4. The van der Waals surface area contributed by atoms with Gasteiger partial charge in [-0.05, 0) is 17.9 Å². The van der Waals surface area contributed by atoms with Gasteiger partial charge in [0.1, 0.15) is 11.7 Å². The van der Waals surface area contributed by atoms with E-state index in [0.29, 0.717) is 0 Å². The van der Waals surface area contributed by atoms with Gasteiger partial charge in [0.05, 0.1) is 6.61 Å². The maximum absolute atomic E-state index is 12.4. The van der Waals surface area contributed by atoms with E-state index in [1.165, 1.54) is 25.7 Å². The van der Waals surface area contributed by atoms with Crippen LogP contribution >= 0.6 is 0 Å². The van der Waals surface area contributed by atoms with Crippen LogP contribution < -0.4 is 29.6 Å². The molecule has 0 aliphatic rings. The van der Waals surface area contributed by atoms with Crippen molar-refractivity contribution in [3.05, 3.63) is 42.5 Å². The predicted molar refractivity (Wildman–Crippen MR) is 103 cm³/mol. The van der Waals surface area contributed by atoms with E-state index in [1.54, 1.807) is 12.1 Å². The molecule has 0 atom stereocenters. The summed E-state index contributed by atoms with van der Waals surface area (Å²) in [5, 5.41) is 1.63. The normalized spacial score (nSPS) is 10.7. The Morgan fingerprint density at radius 3 is 2.15 bits per heavy atom. The molecular weight excluding hydrogens is 359 g/mol. The molecule has 2 aromatic rings. The summed E-state index contributed by atoms with van der Waals surface area (Å²) >= 11 is 0. The molecule has 26 heavy (non-hydrogen) atoms. The molecule has 0 spiro atoms. The largest absolute Gasteiger partial charge is 1.00 e. The van der Waals surface area contributed by atoms with Gasteiger partial charge in [0.2, 0.25) is 0 Å². The zero-order valence-corrected chi connectivity index (χ0v) is 18.8. The van der Waals surface area contributed by atoms with Gasteiger partial charge in [-0.25, -0.2) is 0 Å². The number of rotatable bonds is 10. The summed E-state index contributed by atoms with van der Waals surface area (Å²) in [5.74, 6) is 0.